The SMILES string of the molecule is COc1ccc(C2=NC(C)(C(=O)Nc3ccc(C(=O)N4CCN(C(=O)CCCNC(=N)N)CC4)c(Cl)c3)N=C2)c(F)c1F. The molecule has 43 heavy (non-hydrogen) atoms. The van der Waals surface area contributed by atoms with Crippen molar-refractivity contribution in [2.24, 2.45) is 15.7 Å². The van der Waals surface area contributed by atoms with Gasteiger partial charge in [-0.2, -0.15) is 4.39 Å². The summed E-state index contributed by atoms with van der Waals surface area (Å²) in [6.45, 7) is 3.27. The van der Waals surface area contributed by atoms with Gasteiger partial charge in [0.05, 0.1) is 29.6 Å². The fraction of sp³-hybridized carbons (Fsp3) is 0.357. The molecule has 2 aromatic carbocycles. The maximum atomic E-state index is 14.5. The molecule has 15 heteroatoms. The first kappa shape index (κ1) is 31.3. The van der Waals surface area contributed by atoms with Gasteiger partial charge in [0.15, 0.2) is 17.5 Å². The summed E-state index contributed by atoms with van der Waals surface area (Å²) in [5.74, 6) is -3.75. The van der Waals surface area contributed by atoms with Crippen molar-refractivity contribution in [3.63, 3.8) is 0 Å². The predicted octanol–water partition coefficient (Wildman–Crippen LogP) is 2.40. The van der Waals surface area contributed by atoms with Gasteiger partial charge in [-0.05, 0) is 43.7 Å². The molecule has 3 amide bonds. The van der Waals surface area contributed by atoms with Crippen LogP contribution in [0.1, 0.15) is 35.7 Å². The van der Waals surface area contributed by atoms with Crippen molar-refractivity contribution in [2.75, 3.05) is 45.2 Å². The molecular formula is C28H31ClF2N8O4. The van der Waals surface area contributed by atoms with Crippen LogP contribution in [-0.4, -0.2) is 90.9 Å². The number of amides is 3. The number of carbonyl (C=O) groups excluding carboxylic acids is 3. The molecular weight excluding hydrogens is 586 g/mol. The Hall–Kier alpha value is -4.59. The lowest BCUT2D eigenvalue weighted by atomic mass is 10.1. The molecule has 5 N–H and O–H groups in total. The van der Waals surface area contributed by atoms with Crippen LogP contribution in [-0.2, 0) is 9.59 Å². The zero-order chi connectivity index (χ0) is 31.3. The summed E-state index contributed by atoms with van der Waals surface area (Å²) in [6, 6.07) is 6.96. The molecule has 0 radical (unpaired) electrons. The standard InChI is InChI=1S/C28H31ClF2N8O4/c1-28(35-15-20(37-28)18-7-8-21(43-2)24(31)23(18)30)26(42)36-16-5-6-17(19(29)14-16)25(41)39-12-10-38(11-13-39)22(40)4-3-9-34-27(32)33/h5-8,14-15H,3-4,9-13H2,1-2H3,(H,36,42)(H4,32,33,34). The topological polar surface area (TPSA) is 166 Å². The third-order valence-corrected chi connectivity index (χ3v) is 7.32. The normalized spacial score (nSPS) is 17.8. The third kappa shape index (κ3) is 7.08. The lowest BCUT2D eigenvalue weighted by Crippen LogP contribution is -2.50. The van der Waals surface area contributed by atoms with Gasteiger partial charge in [-0.25, -0.2) is 9.38 Å². The number of piperazine rings is 1. The summed E-state index contributed by atoms with van der Waals surface area (Å²) in [6.07, 6.45) is 2.04. The second-order valence-corrected chi connectivity index (χ2v) is 10.4. The van der Waals surface area contributed by atoms with E-state index in [1.54, 1.807) is 9.80 Å². The van der Waals surface area contributed by atoms with Crippen molar-refractivity contribution in [3.05, 3.63) is 58.1 Å². The van der Waals surface area contributed by atoms with E-state index in [-0.39, 0.29) is 51.1 Å². The predicted molar refractivity (Wildman–Crippen MR) is 158 cm³/mol. The van der Waals surface area contributed by atoms with Crippen LogP contribution in [0.3, 0.4) is 0 Å². The second-order valence-electron chi connectivity index (χ2n) is 9.99. The molecule has 0 saturated carbocycles. The molecule has 1 fully saturated rings. The zero-order valence-corrected chi connectivity index (χ0v) is 24.3. The number of guanidine groups is 1. The van der Waals surface area contributed by atoms with Gasteiger partial charge in [0.2, 0.25) is 17.4 Å². The van der Waals surface area contributed by atoms with Crippen molar-refractivity contribution < 1.29 is 27.9 Å². The lowest BCUT2D eigenvalue weighted by Gasteiger charge is -2.35. The van der Waals surface area contributed by atoms with Crippen LogP contribution >= 0.6 is 11.6 Å². The van der Waals surface area contributed by atoms with Gasteiger partial charge in [-0.1, -0.05) is 11.6 Å². The number of hydrogen-bond donors (Lipinski definition) is 4. The Morgan fingerprint density at radius 3 is 2.47 bits per heavy atom. The van der Waals surface area contributed by atoms with E-state index < -0.39 is 23.2 Å². The highest BCUT2D eigenvalue weighted by Crippen LogP contribution is 2.28. The first-order valence-electron chi connectivity index (χ1n) is 13.4. The van der Waals surface area contributed by atoms with Crippen molar-refractivity contribution >= 4 is 52.9 Å². The van der Waals surface area contributed by atoms with E-state index in [0.29, 0.717) is 45.6 Å². The number of methoxy groups -OCH3 is 1. The van der Waals surface area contributed by atoms with Crippen molar-refractivity contribution in [1.29, 1.82) is 5.41 Å². The fourth-order valence-corrected chi connectivity index (χ4v) is 4.83. The van der Waals surface area contributed by atoms with Crippen molar-refractivity contribution in [1.82, 2.24) is 15.1 Å². The molecule has 0 bridgehead atoms. The monoisotopic (exact) mass is 616 g/mol. The van der Waals surface area contributed by atoms with Gasteiger partial charge in [0, 0.05) is 50.4 Å². The molecule has 0 aromatic heterocycles. The molecule has 4 rings (SSSR count). The number of halogens is 3. The third-order valence-electron chi connectivity index (χ3n) is 7.01. The summed E-state index contributed by atoms with van der Waals surface area (Å²) >= 11 is 6.42. The van der Waals surface area contributed by atoms with Gasteiger partial charge in [-0.3, -0.25) is 24.8 Å². The first-order chi connectivity index (χ1) is 20.4. The van der Waals surface area contributed by atoms with E-state index in [1.165, 1.54) is 50.6 Å². The van der Waals surface area contributed by atoms with Gasteiger partial charge in [0.25, 0.3) is 11.8 Å². The Morgan fingerprint density at radius 1 is 1.12 bits per heavy atom. The molecule has 1 saturated heterocycles. The van der Waals surface area contributed by atoms with Crippen molar-refractivity contribution in [3.8, 4) is 5.75 Å². The molecule has 2 heterocycles. The first-order valence-corrected chi connectivity index (χ1v) is 13.7. The largest absolute Gasteiger partial charge is 0.494 e. The number of nitrogens with one attached hydrogen (secondary N) is 3. The van der Waals surface area contributed by atoms with Gasteiger partial charge in [-0.15, -0.1) is 0 Å². The van der Waals surface area contributed by atoms with Crippen LogP contribution in [0, 0.1) is 17.0 Å². The number of carbonyl (C=O) groups is 3. The van der Waals surface area contributed by atoms with E-state index in [0.717, 1.165) is 0 Å². The van der Waals surface area contributed by atoms with E-state index >= 15 is 0 Å². The Kier molecular flexibility index (Phi) is 9.59. The highest BCUT2D eigenvalue weighted by Gasteiger charge is 2.37. The van der Waals surface area contributed by atoms with Gasteiger partial charge >= 0.3 is 0 Å². The molecule has 0 aliphatic carbocycles. The molecule has 1 unspecified atom stereocenters. The lowest BCUT2D eigenvalue weighted by molar-refractivity contribution is -0.132. The fourth-order valence-electron chi connectivity index (χ4n) is 4.57. The number of anilines is 1. The minimum Gasteiger partial charge on any atom is -0.494 e. The van der Waals surface area contributed by atoms with Crippen LogP contribution in [0.2, 0.25) is 5.02 Å². The molecule has 2 aromatic rings. The minimum atomic E-state index is -1.65. The Morgan fingerprint density at radius 2 is 1.81 bits per heavy atom. The van der Waals surface area contributed by atoms with Crippen LogP contribution in [0.5, 0.6) is 5.75 Å². The Bertz CT molecular complexity index is 1510. The molecule has 2 aliphatic heterocycles. The van der Waals surface area contributed by atoms with Crippen molar-refractivity contribution in [2.45, 2.75) is 25.4 Å². The number of benzene rings is 2. The van der Waals surface area contributed by atoms with Gasteiger partial charge in [0.1, 0.15) is 0 Å². The number of nitrogens with two attached hydrogens (primary N) is 1. The molecule has 0 spiro atoms. The zero-order valence-electron chi connectivity index (χ0n) is 23.5. The summed E-state index contributed by atoms with van der Waals surface area (Å²) in [7, 11) is 1.22. The molecule has 2 aliphatic rings. The van der Waals surface area contributed by atoms with Crippen LogP contribution in [0.25, 0.3) is 0 Å². The number of aliphatic imine (C=N–C) groups is 2. The average molecular weight is 617 g/mol. The van der Waals surface area contributed by atoms with E-state index in [4.69, 9.17) is 27.5 Å². The van der Waals surface area contributed by atoms with E-state index in [1.807, 2.05) is 0 Å². The second kappa shape index (κ2) is 13.2. The Labute approximate surface area is 251 Å². The van der Waals surface area contributed by atoms with E-state index in [2.05, 4.69) is 20.6 Å². The Balaban J connectivity index is 1.35. The number of nitrogens with zero attached hydrogens (tertiary/aromatic N) is 4. The number of hydrogen-bond acceptors (Lipinski definition) is 7. The highest BCUT2D eigenvalue weighted by molar-refractivity contribution is 6.40. The number of ether oxygens (including phenoxy) is 1. The summed E-state index contributed by atoms with van der Waals surface area (Å²) in [5.41, 5.74) is 3.91. The van der Waals surface area contributed by atoms with Crippen LogP contribution < -0.4 is 21.1 Å². The van der Waals surface area contributed by atoms with E-state index in [9.17, 15) is 23.2 Å². The number of rotatable bonds is 9. The maximum Gasteiger partial charge on any atom is 0.274 e. The van der Waals surface area contributed by atoms with Crippen LogP contribution in [0.15, 0.2) is 40.3 Å². The highest BCUT2D eigenvalue weighted by atomic mass is 35.5. The molecule has 12 nitrogen and oxygen atoms in total. The summed E-state index contributed by atoms with van der Waals surface area (Å²) < 4.78 is 33.5. The average Bonchev–Trinajstić information content (AvgIpc) is 3.39. The molecule has 228 valence electrons. The summed E-state index contributed by atoms with van der Waals surface area (Å²) in [5, 5.41) is 12.6. The quantitative estimate of drug-likeness (QED) is 0.192. The smallest absolute Gasteiger partial charge is 0.274 e. The summed E-state index contributed by atoms with van der Waals surface area (Å²) in [4.78, 5) is 50.2. The van der Waals surface area contributed by atoms with Gasteiger partial charge < -0.3 is 30.9 Å². The maximum absolute atomic E-state index is 14.5. The van der Waals surface area contributed by atoms with Crippen LogP contribution in [0.4, 0.5) is 14.5 Å². The minimum absolute atomic E-state index is 0.0116. The molecule has 1 atom stereocenters.